The maximum atomic E-state index is 12.5. The predicted octanol–water partition coefficient (Wildman–Crippen LogP) is 3.43. The molecule has 6 heteroatoms. The fraction of sp³-hybridized carbons (Fsp3) is 0.471. The Bertz CT molecular complexity index is 587. The number of non-ortho nitro benzene ring substituents is 1. The van der Waals surface area contributed by atoms with Gasteiger partial charge in [0.25, 0.3) is 5.69 Å². The number of nitrogens with zero attached hydrogens (tertiary/aromatic N) is 2. The molecule has 6 nitrogen and oxygen atoms in total. The van der Waals surface area contributed by atoms with Crippen LogP contribution in [0.15, 0.2) is 36.0 Å². The van der Waals surface area contributed by atoms with Crippen LogP contribution >= 0.6 is 0 Å². The van der Waals surface area contributed by atoms with Gasteiger partial charge in [-0.15, -0.1) is 0 Å². The Morgan fingerprint density at radius 2 is 1.78 bits per heavy atom. The molecule has 1 aromatic carbocycles. The Morgan fingerprint density at radius 3 is 2.17 bits per heavy atom. The number of allylic oxidation sites excluding steroid dienone is 1. The summed E-state index contributed by atoms with van der Waals surface area (Å²) in [6.07, 6.45) is 1.55. The lowest BCUT2D eigenvalue weighted by Crippen LogP contribution is -2.38. The number of likely N-dealkylation sites (N-methyl/N-ethyl adjacent to an activating group) is 1. The van der Waals surface area contributed by atoms with Crippen LogP contribution in [0.5, 0.6) is 0 Å². The predicted molar refractivity (Wildman–Crippen MR) is 89.5 cm³/mol. The van der Waals surface area contributed by atoms with Gasteiger partial charge in [0.2, 0.25) is 0 Å². The minimum atomic E-state index is -0.609. The summed E-state index contributed by atoms with van der Waals surface area (Å²) in [5.74, 6) is -0.202. The third-order valence-electron chi connectivity index (χ3n) is 3.86. The van der Waals surface area contributed by atoms with E-state index in [1.54, 1.807) is 13.2 Å². The standard InChI is InChI=1S/C17H24N2O4/c1-6-18(7-2)16(17(3,4)23-5)12-15(20)13-8-10-14(11-9-13)19(21)22/h8-12H,6-7H2,1-5H3. The van der Waals surface area contributed by atoms with Crippen molar-refractivity contribution < 1.29 is 14.5 Å². The maximum absolute atomic E-state index is 12.5. The van der Waals surface area contributed by atoms with Gasteiger partial charge < -0.3 is 9.64 Å². The molecule has 0 amide bonds. The number of benzene rings is 1. The lowest BCUT2D eigenvalue weighted by molar-refractivity contribution is -0.384. The van der Waals surface area contributed by atoms with Crippen molar-refractivity contribution in [3.05, 3.63) is 51.7 Å². The van der Waals surface area contributed by atoms with Gasteiger partial charge in [0.05, 0.1) is 4.92 Å². The van der Waals surface area contributed by atoms with Crippen molar-refractivity contribution in [2.45, 2.75) is 33.3 Å². The highest BCUT2D eigenvalue weighted by Crippen LogP contribution is 2.24. The van der Waals surface area contributed by atoms with E-state index in [2.05, 4.69) is 4.90 Å². The van der Waals surface area contributed by atoms with Crippen LogP contribution < -0.4 is 0 Å². The summed E-state index contributed by atoms with van der Waals surface area (Å²) in [5.41, 5.74) is 0.551. The molecule has 0 atom stereocenters. The summed E-state index contributed by atoms with van der Waals surface area (Å²) in [4.78, 5) is 24.8. The van der Waals surface area contributed by atoms with Gasteiger partial charge in [-0.05, 0) is 39.8 Å². The number of nitro benzene ring substituents is 1. The van der Waals surface area contributed by atoms with E-state index >= 15 is 0 Å². The van der Waals surface area contributed by atoms with Crippen LogP contribution in [0.1, 0.15) is 38.1 Å². The van der Waals surface area contributed by atoms with E-state index in [4.69, 9.17) is 4.74 Å². The van der Waals surface area contributed by atoms with Crippen LogP contribution in [0, 0.1) is 10.1 Å². The number of rotatable bonds is 8. The van der Waals surface area contributed by atoms with Gasteiger partial charge in [0.1, 0.15) is 5.60 Å². The molecule has 0 heterocycles. The summed E-state index contributed by atoms with van der Waals surface area (Å²) in [6.45, 7) is 9.34. The molecule has 0 aliphatic rings. The minimum Gasteiger partial charge on any atom is -0.373 e. The Balaban J connectivity index is 3.19. The van der Waals surface area contributed by atoms with Gasteiger partial charge in [-0.1, -0.05) is 0 Å². The molecule has 0 aliphatic heterocycles. The van der Waals surface area contributed by atoms with Gasteiger partial charge in [-0.2, -0.15) is 0 Å². The quantitative estimate of drug-likeness (QED) is 0.317. The summed E-state index contributed by atoms with van der Waals surface area (Å²) in [7, 11) is 1.60. The van der Waals surface area contributed by atoms with Gasteiger partial charge in [-0.25, -0.2) is 0 Å². The van der Waals surface area contributed by atoms with Crippen molar-refractivity contribution in [2.75, 3.05) is 20.2 Å². The van der Waals surface area contributed by atoms with Crippen molar-refractivity contribution in [2.24, 2.45) is 0 Å². The molecule has 0 unspecified atom stereocenters. The SMILES string of the molecule is CCN(CC)C(=CC(=O)c1ccc([N+](=O)[O-])cc1)C(C)(C)OC. The normalized spacial score (nSPS) is 12.1. The molecule has 126 valence electrons. The molecule has 0 saturated heterocycles. The van der Waals surface area contributed by atoms with E-state index in [1.165, 1.54) is 24.3 Å². The fourth-order valence-electron chi connectivity index (χ4n) is 2.27. The molecule has 1 aromatic rings. The third kappa shape index (κ3) is 4.63. The van der Waals surface area contributed by atoms with E-state index in [0.29, 0.717) is 5.56 Å². The first kappa shape index (κ1) is 18.8. The van der Waals surface area contributed by atoms with E-state index in [0.717, 1.165) is 18.8 Å². The Labute approximate surface area is 136 Å². The van der Waals surface area contributed by atoms with Crippen LogP contribution in [-0.2, 0) is 4.74 Å². The molecule has 0 saturated carbocycles. The zero-order valence-electron chi connectivity index (χ0n) is 14.3. The van der Waals surface area contributed by atoms with E-state index in [9.17, 15) is 14.9 Å². The van der Waals surface area contributed by atoms with Crippen molar-refractivity contribution in [3.63, 3.8) is 0 Å². The highest BCUT2D eigenvalue weighted by atomic mass is 16.6. The lowest BCUT2D eigenvalue weighted by Gasteiger charge is -2.35. The van der Waals surface area contributed by atoms with Crippen molar-refractivity contribution in [1.29, 1.82) is 0 Å². The number of ether oxygens (including phenoxy) is 1. The van der Waals surface area contributed by atoms with Crippen LogP contribution in [0.4, 0.5) is 5.69 Å². The van der Waals surface area contributed by atoms with Crippen LogP contribution in [0.25, 0.3) is 0 Å². The molecular formula is C17H24N2O4. The zero-order valence-corrected chi connectivity index (χ0v) is 14.3. The second kappa shape index (κ2) is 7.87. The Kier molecular flexibility index (Phi) is 6.45. The van der Waals surface area contributed by atoms with Crippen LogP contribution in [0.2, 0.25) is 0 Å². The number of carbonyl (C=O) groups excluding carboxylic acids is 1. The number of ketones is 1. The molecule has 0 bridgehead atoms. The first-order valence-corrected chi connectivity index (χ1v) is 7.57. The van der Waals surface area contributed by atoms with E-state index in [-0.39, 0.29) is 11.5 Å². The highest BCUT2D eigenvalue weighted by molar-refractivity contribution is 6.05. The molecule has 0 radical (unpaired) electrons. The first-order chi connectivity index (χ1) is 10.8. The minimum absolute atomic E-state index is 0.0354. The fourth-order valence-corrected chi connectivity index (χ4v) is 2.27. The summed E-state index contributed by atoms with van der Waals surface area (Å²) >= 11 is 0. The third-order valence-corrected chi connectivity index (χ3v) is 3.86. The molecular weight excluding hydrogens is 296 g/mol. The molecule has 0 aliphatic carbocycles. The molecule has 0 fully saturated rings. The first-order valence-electron chi connectivity index (χ1n) is 7.57. The zero-order chi connectivity index (χ0) is 17.6. The summed E-state index contributed by atoms with van der Waals surface area (Å²) in [5, 5.41) is 10.7. The molecule has 23 heavy (non-hydrogen) atoms. The number of hydrogen-bond donors (Lipinski definition) is 0. The van der Waals surface area contributed by atoms with Gasteiger partial charge >= 0.3 is 0 Å². The highest BCUT2D eigenvalue weighted by Gasteiger charge is 2.27. The van der Waals surface area contributed by atoms with Crippen molar-refractivity contribution in [3.8, 4) is 0 Å². The Morgan fingerprint density at radius 1 is 1.26 bits per heavy atom. The summed E-state index contributed by atoms with van der Waals surface area (Å²) < 4.78 is 5.52. The monoisotopic (exact) mass is 320 g/mol. The molecule has 0 aromatic heterocycles. The average molecular weight is 320 g/mol. The second-order valence-corrected chi connectivity index (χ2v) is 5.58. The molecule has 0 N–H and O–H groups in total. The molecule has 0 spiro atoms. The topological polar surface area (TPSA) is 72.7 Å². The van der Waals surface area contributed by atoms with Crippen molar-refractivity contribution >= 4 is 11.5 Å². The largest absolute Gasteiger partial charge is 0.373 e. The number of hydrogen-bond acceptors (Lipinski definition) is 5. The van der Waals surface area contributed by atoms with Gasteiger partial charge in [0, 0.05) is 49.7 Å². The van der Waals surface area contributed by atoms with Crippen molar-refractivity contribution in [1.82, 2.24) is 4.90 Å². The Hall–Kier alpha value is -2.21. The molecule has 1 rings (SSSR count). The number of methoxy groups -OCH3 is 1. The second-order valence-electron chi connectivity index (χ2n) is 5.58. The number of carbonyl (C=O) groups is 1. The average Bonchev–Trinajstić information content (AvgIpc) is 2.54. The van der Waals surface area contributed by atoms with Gasteiger partial charge in [0.15, 0.2) is 5.78 Å². The number of nitro groups is 1. The lowest BCUT2D eigenvalue weighted by atomic mass is 9.99. The van der Waals surface area contributed by atoms with Gasteiger partial charge in [-0.3, -0.25) is 14.9 Å². The van der Waals surface area contributed by atoms with E-state index < -0.39 is 10.5 Å². The van der Waals surface area contributed by atoms with E-state index in [1.807, 2.05) is 27.7 Å². The van der Waals surface area contributed by atoms with Crippen LogP contribution in [0.3, 0.4) is 0 Å². The van der Waals surface area contributed by atoms with Crippen LogP contribution in [-0.4, -0.2) is 41.4 Å². The maximum Gasteiger partial charge on any atom is 0.269 e. The smallest absolute Gasteiger partial charge is 0.269 e. The summed E-state index contributed by atoms with van der Waals surface area (Å²) in [6, 6.07) is 5.60.